The third-order valence-corrected chi connectivity index (χ3v) is 5.11. The Bertz CT molecular complexity index is 576. The largest absolute Gasteiger partial charge is 0.384 e. The number of guanidine groups is 1. The third kappa shape index (κ3) is 5.55. The van der Waals surface area contributed by atoms with Crippen LogP contribution in [0.4, 0.5) is 0 Å². The monoisotopic (exact) mass is 476 g/mol. The number of rotatable bonds is 6. The summed E-state index contributed by atoms with van der Waals surface area (Å²) in [5, 5.41) is 12.2. The number of aryl methyl sites for hydroxylation is 1. The first-order valence-corrected chi connectivity index (χ1v) is 9.75. The van der Waals surface area contributed by atoms with Crippen LogP contribution in [0.3, 0.4) is 0 Å². The van der Waals surface area contributed by atoms with Gasteiger partial charge in [-0.15, -0.1) is 34.2 Å². The normalized spacial score (nSPS) is 20.5. The molecule has 1 atom stereocenters. The molecule has 2 aliphatic heterocycles. The highest BCUT2D eigenvalue weighted by molar-refractivity contribution is 14.0. The van der Waals surface area contributed by atoms with Crippen molar-refractivity contribution in [3.05, 3.63) is 11.6 Å². The van der Waals surface area contributed by atoms with Crippen LogP contribution in [0.25, 0.3) is 0 Å². The van der Waals surface area contributed by atoms with Gasteiger partial charge in [-0.1, -0.05) is 6.42 Å². The quantitative estimate of drug-likeness (QED) is 0.387. The summed E-state index contributed by atoms with van der Waals surface area (Å²) < 4.78 is 7.62. The van der Waals surface area contributed by atoms with Crippen molar-refractivity contribution in [3.63, 3.8) is 0 Å². The number of halogens is 1. The molecule has 0 radical (unpaired) electrons. The third-order valence-electron chi connectivity index (χ3n) is 5.11. The Hall–Kier alpha value is -0.900. The number of aliphatic imine (C=N–C) groups is 1. The molecular formula is C18H33IN6O. The molecule has 0 saturated carbocycles. The summed E-state index contributed by atoms with van der Waals surface area (Å²) in [5.41, 5.74) is 0. The molecule has 2 aliphatic rings. The summed E-state index contributed by atoms with van der Waals surface area (Å²) >= 11 is 0. The molecule has 1 N–H and O–H groups in total. The molecule has 1 saturated heterocycles. The van der Waals surface area contributed by atoms with Gasteiger partial charge in [0.2, 0.25) is 0 Å². The van der Waals surface area contributed by atoms with Crippen LogP contribution >= 0.6 is 24.0 Å². The zero-order chi connectivity index (χ0) is 17.5. The fourth-order valence-corrected chi connectivity index (χ4v) is 3.81. The first-order valence-electron chi connectivity index (χ1n) is 9.75. The second-order valence-electron chi connectivity index (χ2n) is 7.04. The maximum absolute atomic E-state index is 5.30. The number of nitrogens with zero attached hydrogens (tertiary/aromatic N) is 5. The van der Waals surface area contributed by atoms with Crippen molar-refractivity contribution in [3.8, 4) is 0 Å². The van der Waals surface area contributed by atoms with Gasteiger partial charge in [-0.3, -0.25) is 4.99 Å². The van der Waals surface area contributed by atoms with E-state index in [4.69, 9.17) is 9.73 Å². The Morgan fingerprint density at radius 3 is 2.96 bits per heavy atom. The topological polar surface area (TPSA) is 67.6 Å². The number of likely N-dealkylation sites (tertiary alicyclic amines) is 1. The second-order valence-corrected chi connectivity index (χ2v) is 7.04. The minimum atomic E-state index is 0. The summed E-state index contributed by atoms with van der Waals surface area (Å²) in [6, 6.07) is 0. The molecule has 8 heteroatoms. The number of methoxy groups -OCH3 is 1. The smallest absolute Gasteiger partial charge is 0.193 e. The fraction of sp³-hybridized carbons (Fsp3) is 0.833. The van der Waals surface area contributed by atoms with E-state index in [0.29, 0.717) is 5.92 Å². The lowest BCUT2D eigenvalue weighted by atomic mass is 10.1. The molecule has 0 aliphatic carbocycles. The van der Waals surface area contributed by atoms with Crippen LogP contribution in [-0.2, 0) is 24.1 Å². The average Bonchev–Trinajstić information content (AvgIpc) is 3.15. The number of hydrogen-bond donors (Lipinski definition) is 1. The molecule has 0 amide bonds. The summed E-state index contributed by atoms with van der Waals surface area (Å²) in [4.78, 5) is 7.21. The van der Waals surface area contributed by atoms with Crippen LogP contribution in [0.15, 0.2) is 4.99 Å². The van der Waals surface area contributed by atoms with E-state index in [9.17, 15) is 0 Å². The first-order chi connectivity index (χ1) is 12.3. The van der Waals surface area contributed by atoms with Crippen molar-refractivity contribution in [1.82, 2.24) is 25.0 Å². The second kappa shape index (κ2) is 11.1. The van der Waals surface area contributed by atoms with E-state index >= 15 is 0 Å². The van der Waals surface area contributed by atoms with Crippen molar-refractivity contribution in [2.75, 3.05) is 39.9 Å². The lowest BCUT2D eigenvalue weighted by molar-refractivity contribution is 0.157. The van der Waals surface area contributed by atoms with Gasteiger partial charge in [-0.25, -0.2) is 0 Å². The lowest BCUT2D eigenvalue weighted by Crippen LogP contribution is -2.40. The molecule has 148 valence electrons. The summed E-state index contributed by atoms with van der Waals surface area (Å²) in [6.07, 6.45) is 6.86. The molecule has 0 aromatic carbocycles. The zero-order valence-corrected chi connectivity index (χ0v) is 18.4. The van der Waals surface area contributed by atoms with E-state index < -0.39 is 0 Å². The van der Waals surface area contributed by atoms with Crippen molar-refractivity contribution in [1.29, 1.82) is 0 Å². The van der Waals surface area contributed by atoms with E-state index in [0.717, 1.165) is 69.8 Å². The number of aromatic nitrogens is 3. The maximum Gasteiger partial charge on any atom is 0.193 e. The van der Waals surface area contributed by atoms with Crippen LogP contribution in [-0.4, -0.2) is 65.5 Å². The van der Waals surface area contributed by atoms with E-state index in [1.165, 1.54) is 25.7 Å². The van der Waals surface area contributed by atoms with Crippen molar-refractivity contribution in [2.24, 2.45) is 10.9 Å². The highest BCUT2D eigenvalue weighted by Crippen LogP contribution is 2.17. The Balaban J connectivity index is 0.00000243. The highest BCUT2D eigenvalue weighted by Gasteiger charge is 2.24. The molecule has 0 bridgehead atoms. The minimum absolute atomic E-state index is 0. The lowest BCUT2D eigenvalue weighted by Gasteiger charge is -2.21. The molecule has 26 heavy (non-hydrogen) atoms. The number of fused-ring (bicyclic) bond motifs is 1. The molecule has 3 heterocycles. The van der Waals surface area contributed by atoms with Gasteiger partial charge in [0.25, 0.3) is 0 Å². The van der Waals surface area contributed by atoms with Crippen molar-refractivity contribution in [2.45, 2.75) is 52.0 Å². The SMILES string of the molecule is CCNC(=NCCc1nnc2n1CCCCC2)N1CCC(COC)C1.I. The Kier molecular flexibility index (Phi) is 9.10. The molecule has 3 rings (SSSR count). The van der Waals surface area contributed by atoms with Gasteiger partial charge in [0.05, 0.1) is 6.61 Å². The summed E-state index contributed by atoms with van der Waals surface area (Å²) in [6.45, 7) is 7.75. The van der Waals surface area contributed by atoms with Crippen LogP contribution in [0.2, 0.25) is 0 Å². The molecule has 1 aromatic heterocycles. The van der Waals surface area contributed by atoms with Gasteiger partial charge in [0.15, 0.2) is 5.96 Å². The standard InChI is InChI=1S/C18H32N6O.HI/c1-3-19-18(23-12-9-15(13-23)14-25-2)20-10-8-17-22-21-16-7-5-4-6-11-24(16)17;/h15H,3-14H2,1-2H3,(H,19,20);1H. The summed E-state index contributed by atoms with van der Waals surface area (Å²) in [5.74, 6) is 3.89. The van der Waals surface area contributed by atoms with Gasteiger partial charge < -0.3 is 19.5 Å². The molecule has 1 unspecified atom stereocenters. The molecule has 1 aromatic rings. The fourth-order valence-electron chi connectivity index (χ4n) is 3.81. The van der Waals surface area contributed by atoms with E-state index in [1.807, 2.05) is 0 Å². The number of nitrogens with one attached hydrogen (secondary N) is 1. The Morgan fingerprint density at radius 1 is 1.27 bits per heavy atom. The van der Waals surface area contributed by atoms with Gasteiger partial charge in [-0.05, 0) is 26.2 Å². The van der Waals surface area contributed by atoms with Gasteiger partial charge in [-0.2, -0.15) is 0 Å². The van der Waals surface area contributed by atoms with Gasteiger partial charge in [0.1, 0.15) is 11.6 Å². The maximum atomic E-state index is 5.30. The first kappa shape index (κ1) is 21.4. The molecule has 7 nitrogen and oxygen atoms in total. The highest BCUT2D eigenvalue weighted by atomic mass is 127. The van der Waals surface area contributed by atoms with Gasteiger partial charge >= 0.3 is 0 Å². The molecule has 1 fully saturated rings. The molecular weight excluding hydrogens is 443 g/mol. The average molecular weight is 476 g/mol. The number of ether oxygens (including phenoxy) is 1. The van der Waals surface area contributed by atoms with Gasteiger partial charge in [0, 0.05) is 58.6 Å². The van der Waals surface area contributed by atoms with Crippen molar-refractivity contribution >= 4 is 29.9 Å². The Labute approximate surface area is 174 Å². The molecule has 0 spiro atoms. The van der Waals surface area contributed by atoms with E-state index in [-0.39, 0.29) is 24.0 Å². The zero-order valence-electron chi connectivity index (χ0n) is 16.1. The van der Waals surface area contributed by atoms with Crippen LogP contribution < -0.4 is 5.32 Å². The number of hydrogen-bond acceptors (Lipinski definition) is 4. The predicted molar refractivity (Wildman–Crippen MR) is 114 cm³/mol. The Morgan fingerprint density at radius 2 is 2.15 bits per heavy atom. The van der Waals surface area contributed by atoms with Crippen LogP contribution in [0.5, 0.6) is 0 Å². The van der Waals surface area contributed by atoms with E-state index in [1.54, 1.807) is 7.11 Å². The summed E-state index contributed by atoms with van der Waals surface area (Å²) in [7, 11) is 1.78. The van der Waals surface area contributed by atoms with E-state index in [2.05, 4.69) is 31.9 Å². The van der Waals surface area contributed by atoms with Crippen LogP contribution in [0, 0.1) is 5.92 Å². The van der Waals surface area contributed by atoms with Crippen molar-refractivity contribution < 1.29 is 4.74 Å². The predicted octanol–water partition coefficient (Wildman–Crippen LogP) is 2.10. The van der Waals surface area contributed by atoms with Crippen LogP contribution in [0.1, 0.15) is 44.3 Å². The minimum Gasteiger partial charge on any atom is -0.384 e.